The van der Waals surface area contributed by atoms with Crippen molar-refractivity contribution in [2.45, 2.75) is 97.6 Å². The monoisotopic (exact) mass is 448 g/mol. The van der Waals surface area contributed by atoms with Gasteiger partial charge in [-0.3, -0.25) is 9.98 Å². The van der Waals surface area contributed by atoms with Crippen LogP contribution in [0.25, 0.3) is 0 Å². The molecule has 1 saturated carbocycles. The molecule has 0 saturated heterocycles. The fourth-order valence-corrected chi connectivity index (χ4v) is 4.75. The van der Waals surface area contributed by atoms with Crippen molar-refractivity contribution in [2.24, 2.45) is 9.98 Å². The largest absolute Gasteiger partial charge is 0.507 e. The summed E-state index contributed by atoms with van der Waals surface area (Å²) in [5, 5.41) is 21.2. The van der Waals surface area contributed by atoms with Gasteiger partial charge >= 0.3 is 0 Å². The summed E-state index contributed by atoms with van der Waals surface area (Å²) in [5.74, 6) is 0.727. The van der Waals surface area contributed by atoms with Crippen molar-refractivity contribution in [3.8, 4) is 11.5 Å². The van der Waals surface area contributed by atoms with Gasteiger partial charge in [-0.25, -0.2) is 0 Å². The van der Waals surface area contributed by atoms with E-state index in [1.165, 1.54) is 11.1 Å². The molecule has 4 heteroatoms. The van der Waals surface area contributed by atoms with Crippen molar-refractivity contribution in [3.05, 3.63) is 57.6 Å². The minimum Gasteiger partial charge on any atom is -0.507 e. The Balaban J connectivity index is 1.69. The summed E-state index contributed by atoms with van der Waals surface area (Å²) in [7, 11) is 0. The minimum absolute atomic E-state index is 0.220. The molecule has 3 rings (SSSR count). The second kappa shape index (κ2) is 12.0. The van der Waals surface area contributed by atoms with E-state index in [-0.39, 0.29) is 12.1 Å². The smallest absolute Gasteiger partial charge is 0.127 e. The maximum atomic E-state index is 10.6. The average Bonchev–Trinajstić information content (AvgIpc) is 3.27. The van der Waals surface area contributed by atoms with E-state index in [0.717, 1.165) is 80.0 Å². The predicted octanol–water partition coefficient (Wildman–Crippen LogP) is 6.59. The quantitative estimate of drug-likeness (QED) is 0.403. The first kappa shape index (κ1) is 25.0. The molecule has 4 nitrogen and oxygen atoms in total. The zero-order valence-electron chi connectivity index (χ0n) is 20.8. The van der Waals surface area contributed by atoms with Crippen molar-refractivity contribution in [2.75, 3.05) is 0 Å². The molecule has 0 heterocycles. The van der Waals surface area contributed by atoms with Crippen LogP contribution in [0.2, 0.25) is 0 Å². The van der Waals surface area contributed by atoms with Crippen molar-refractivity contribution in [3.63, 3.8) is 0 Å². The molecule has 2 unspecified atom stereocenters. The highest BCUT2D eigenvalue weighted by atomic mass is 16.3. The number of rotatable bonds is 10. The second-order valence-corrected chi connectivity index (χ2v) is 9.27. The third-order valence-electron chi connectivity index (χ3n) is 6.62. The van der Waals surface area contributed by atoms with Gasteiger partial charge in [0.2, 0.25) is 0 Å². The standard InChI is InChI=1S/C29H40N2O2/c1-5-9-20-13-22(7-3)28(32)24(15-20)18-30-26-11-12-27(17-26)31-19-25-16-21(10-6-2)14-23(8-4)29(25)33/h13-16,18-19,26-27,32-33H,5-12,17H2,1-4H3. The lowest BCUT2D eigenvalue weighted by Gasteiger charge is -2.10. The molecule has 0 aliphatic heterocycles. The Labute approximate surface area is 199 Å². The normalized spacial score (nSPS) is 18.7. The molecule has 0 bridgehead atoms. The molecule has 2 N–H and O–H groups in total. The Morgan fingerprint density at radius 1 is 0.727 bits per heavy atom. The first-order valence-electron chi connectivity index (χ1n) is 12.7. The minimum atomic E-state index is 0.220. The molecular formula is C29H40N2O2. The third kappa shape index (κ3) is 6.46. The van der Waals surface area contributed by atoms with E-state index in [4.69, 9.17) is 9.98 Å². The Bertz CT molecular complexity index is 914. The van der Waals surface area contributed by atoms with Crippen LogP contribution in [0.5, 0.6) is 11.5 Å². The average molecular weight is 449 g/mol. The third-order valence-corrected chi connectivity index (χ3v) is 6.62. The van der Waals surface area contributed by atoms with E-state index in [2.05, 4.69) is 52.0 Å². The van der Waals surface area contributed by atoms with Crippen molar-refractivity contribution in [1.82, 2.24) is 0 Å². The Hall–Kier alpha value is -2.62. The highest BCUT2D eigenvalue weighted by Crippen LogP contribution is 2.29. The van der Waals surface area contributed by atoms with Crippen molar-refractivity contribution < 1.29 is 10.2 Å². The van der Waals surface area contributed by atoms with Crippen LogP contribution in [0.3, 0.4) is 0 Å². The molecule has 0 aromatic heterocycles. The Kier molecular flexibility index (Phi) is 9.11. The molecular weight excluding hydrogens is 408 g/mol. The van der Waals surface area contributed by atoms with E-state index >= 15 is 0 Å². The topological polar surface area (TPSA) is 65.2 Å². The maximum absolute atomic E-state index is 10.6. The van der Waals surface area contributed by atoms with Crippen molar-refractivity contribution >= 4 is 12.4 Å². The first-order valence-corrected chi connectivity index (χ1v) is 12.7. The predicted molar refractivity (Wildman–Crippen MR) is 140 cm³/mol. The molecule has 1 aliphatic carbocycles. The molecule has 1 aliphatic rings. The van der Waals surface area contributed by atoms with Crippen LogP contribution in [0, 0.1) is 0 Å². The Morgan fingerprint density at radius 2 is 1.15 bits per heavy atom. The highest BCUT2D eigenvalue weighted by molar-refractivity contribution is 5.85. The number of aromatic hydroxyl groups is 2. The van der Waals surface area contributed by atoms with Gasteiger partial charge in [0.15, 0.2) is 0 Å². The molecule has 2 aromatic carbocycles. The number of hydrogen-bond acceptors (Lipinski definition) is 4. The molecule has 178 valence electrons. The fourth-order valence-electron chi connectivity index (χ4n) is 4.75. The van der Waals surface area contributed by atoms with Gasteiger partial charge < -0.3 is 10.2 Å². The van der Waals surface area contributed by atoms with E-state index in [0.29, 0.717) is 11.5 Å². The summed E-state index contributed by atoms with van der Waals surface area (Å²) in [4.78, 5) is 9.62. The number of hydrogen-bond donors (Lipinski definition) is 2. The Morgan fingerprint density at radius 3 is 1.52 bits per heavy atom. The van der Waals surface area contributed by atoms with Crippen molar-refractivity contribution in [1.29, 1.82) is 0 Å². The van der Waals surface area contributed by atoms with Crippen LogP contribution in [0.4, 0.5) is 0 Å². The number of aliphatic imine (C=N–C) groups is 2. The van der Waals surface area contributed by atoms with Crippen LogP contribution >= 0.6 is 0 Å². The van der Waals surface area contributed by atoms with Gasteiger partial charge in [0.25, 0.3) is 0 Å². The van der Waals surface area contributed by atoms with Crippen LogP contribution in [-0.2, 0) is 25.7 Å². The van der Waals surface area contributed by atoms with Crippen LogP contribution in [0.1, 0.15) is 93.2 Å². The number of benzene rings is 2. The van der Waals surface area contributed by atoms with E-state index in [1.807, 2.05) is 12.4 Å². The molecule has 2 atom stereocenters. The maximum Gasteiger partial charge on any atom is 0.127 e. The van der Waals surface area contributed by atoms with Crippen LogP contribution < -0.4 is 0 Å². The number of nitrogens with zero attached hydrogens (tertiary/aromatic N) is 2. The van der Waals surface area contributed by atoms with E-state index in [1.54, 1.807) is 0 Å². The molecule has 1 fully saturated rings. The first-order chi connectivity index (χ1) is 16.0. The summed E-state index contributed by atoms with van der Waals surface area (Å²) in [6, 6.07) is 8.82. The summed E-state index contributed by atoms with van der Waals surface area (Å²) in [6.07, 6.45) is 12.4. The number of aryl methyl sites for hydroxylation is 4. The lowest BCUT2D eigenvalue weighted by atomic mass is 10.00. The second-order valence-electron chi connectivity index (χ2n) is 9.27. The van der Waals surface area contributed by atoms with Gasteiger partial charge in [-0.2, -0.15) is 0 Å². The van der Waals surface area contributed by atoms with E-state index in [9.17, 15) is 10.2 Å². The van der Waals surface area contributed by atoms with Crippen LogP contribution in [-0.4, -0.2) is 34.7 Å². The zero-order chi connectivity index (χ0) is 23.8. The summed E-state index contributed by atoms with van der Waals surface area (Å²) >= 11 is 0. The van der Waals surface area contributed by atoms with Gasteiger partial charge in [0.05, 0.1) is 12.1 Å². The zero-order valence-corrected chi connectivity index (χ0v) is 20.8. The molecule has 2 aromatic rings. The molecule has 33 heavy (non-hydrogen) atoms. The fraction of sp³-hybridized carbons (Fsp3) is 0.517. The van der Waals surface area contributed by atoms with Gasteiger partial charge in [-0.1, -0.05) is 52.7 Å². The van der Waals surface area contributed by atoms with Crippen LogP contribution in [0.15, 0.2) is 34.3 Å². The molecule has 0 radical (unpaired) electrons. The highest BCUT2D eigenvalue weighted by Gasteiger charge is 2.23. The van der Waals surface area contributed by atoms with Gasteiger partial charge in [0.1, 0.15) is 11.5 Å². The summed E-state index contributed by atoms with van der Waals surface area (Å²) in [5.41, 5.74) is 6.17. The number of phenols is 2. The van der Waals surface area contributed by atoms with Gasteiger partial charge in [-0.05, 0) is 79.3 Å². The van der Waals surface area contributed by atoms with E-state index < -0.39 is 0 Å². The molecule has 0 spiro atoms. The summed E-state index contributed by atoms with van der Waals surface area (Å²) < 4.78 is 0. The lowest BCUT2D eigenvalue weighted by Crippen LogP contribution is -2.03. The number of phenolic OH excluding ortho intramolecular Hbond substituents is 2. The summed E-state index contributed by atoms with van der Waals surface area (Å²) in [6.45, 7) is 8.50. The lowest BCUT2D eigenvalue weighted by molar-refractivity contribution is 0.467. The van der Waals surface area contributed by atoms with Gasteiger partial charge in [-0.15, -0.1) is 0 Å². The van der Waals surface area contributed by atoms with Gasteiger partial charge in [0, 0.05) is 23.6 Å². The SMILES string of the molecule is CCCc1cc(C=NC2CCC(N=Cc3cc(CCC)cc(CC)c3O)C2)c(O)c(CC)c1. The molecule has 0 amide bonds.